The van der Waals surface area contributed by atoms with E-state index >= 15 is 0 Å². The van der Waals surface area contributed by atoms with Crippen molar-refractivity contribution < 1.29 is 5.11 Å². The highest BCUT2D eigenvalue weighted by Crippen LogP contribution is 2.47. The molecule has 1 saturated heterocycles. The number of likely N-dealkylation sites (tertiary alicyclic amines) is 1. The maximum absolute atomic E-state index is 9.62. The smallest absolute Gasteiger partial charge is 0.0621 e. The molecule has 76 valence electrons. The summed E-state index contributed by atoms with van der Waals surface area (Å²) < 4.78 is 0. The first-order chi connectivity index (χ1) is 5.83. The summed E-state index contributed by atoms with van der Waals surface area (Å²) in [7, 11) is 0. The van der Waals surface area contributed by atoms with Gasteiger partial charge in [0.05, 0.1) is 6.10 Å². The Bertz CT molecular complexity index is 214. The zero-order valence-corrected chi connectivity index (χ0v) is 9.17. The SMILES string of the molecule is CC1(C)CN(C2CC(O)C2(C)C)C1. The van der Waals surface area contributed by atoms with Crippen molar-refractivity contribution in [1.82, 2.24) is 4.90 Å². The number of rotatable bonds is 1. The number of aliphatic hydroxyl groups is 1. The van der Waals surface area contributed by atoms with Crippen molar-refractivity contribution in [2.24, 2.45) is 10.8 Å². The highest BCUT2D eigenvalue weighted by Gasteiger charge is 2.53. The minimum atomic E-state index is -0.0822. The van der Waals surface area contributed by atoms with Gasteiger partial charge in [-0.05, 0) is 11.8 Å². The van der Waals surface area contributed by atoms with Crippen LogP contribution < -0.4 is 0 Å². The van der Waals surface area contributed by atoms with Crippen LogP contribution >= 0.6 is 0 Å². The lowest BCUT2D eigenvalue weighted by molar-refractivity contribution is -0.161. The molecule has 0 amide bonds. The second kappa shape index (κ2) is 2.48. The molecule has 1 saturated carbocycles. The van der Waals surface area contributed by atoms with Crippen LogP contribution in [0.15, 0.2) is 0 Å². The molecular weight excluding hydrogens is 162 g/mol. The van der Waals surface area contributed by atoms with Crippen LogP contribution in [0.1, 0.15) is 34.1 Å². The molecule has 1 heterocycles. The van der Waals surface area contributed by atoms with E-state index < -0.39 is 0 Å². The molecule has 0 radical (unpaired) electrons. The molecule has 2 rings (SSSR count). The van der Waals surface area contributed by atoms with Crippen LogP contribution in [0.2, 0.25) is 0 Å². The molecular formula is C11H21NO. The summed E-state index contributed by atoms with van der Waals surface area (Å²) in [5.41, 5.74) is 0.632. The van der Waals surface area contributed by atoms with E-state index in [1.165, 1.54) is 13.1 Å². The minimum Gasteiger partial charge on any atom is -0.392 e. The molecule has 0 spiro atoms. The lowest BCUT2D eigenvalue weighted by Crippen LogP contribution is -2.68. The quantitative estimate of drug-likeness (QED) is 0.665. The Labute approximate surface area is 80.9 Å². The average molecular weight is 183 g/mol. The number of hydrogen-bond donors (Lipinski definition) is 1. The maximum Gasteiger partial charge on any atom is 0.0621 e. The molecule has 1 N–H and O–H groups in total. The molecule has 0 bridgehead atoms. The largest absolute Gasteiger partial charge is 0.392 e. The van der Waals surface area contributed by atoms with Gasteiger partial charge in [-0.15, -0.1) is 0 Å². The molecule has 2 heteroatoms. The summed E-state index contributed by atoms with van der Waals surface area (Å²) in [4.78, 5) is 2.52. The van der Waals surface area contributed by atoms with Gasteiger partial charge in [0.1, 0.15) is 0 Å². The Balaban J connectivity index is 1.92. The van der Waals surface area contributed by atoms with Crippen molar-refractivity contribution in [3.63, 3.8) is 0 Å². The third kappa shape index (κ3) is 1.31. The molecule has 1 aliphatic carbocycles. The Morgan fingerprint density at radius 2 is 1.69 bits per heavy atom. The van der Waals surface area contributed by atoms with Gasteiger partial charge in [0.2, 0.25) is 0 Å². The molecule has 2 nitrogen and oxygen atoms in total. The first-order valence-electron chi connectivity index (χ1n) is 5.25. The van der Waals surface area contributed by atoms with Crippen LogP contribution in [0.3, 0.4) is 0 Å². The molecule has 13 heavy (non-hydrogen) atoms. The lowest BCUT2D eigenvalue weighted by Gasteiger charge is -2.60. The average Bonchev–Trinajstić information content (AvgIpc) is 1.95. The van der Waals surface area contributed by atoms with Gasteiger partial charge >= 0.3 is 0 Å². The van der Waals surface area contributed by atoms with Gasteiger partial charge in [0, 0.05) is 24.5 Å². The molecule has 0 aromatic rings. The summed E-state index contributed by atoms with van der Waals surface area (Å²) in [6, 6.07) is 0.621. The van der Waals surface area contributed by atoms with Gasteiger partial charge in [-0.3, -0.25) is 4.90 Å². The molecule has 2 aliphatic rings. The van der Waals surface area contributed by atoms with Crippen molar-refractivity contribution in [1.29, 1.82) is 0 Å². The molecule has 2 atom stereocenters. The molecule has 1 aliphatic heterocycles. The topological polar surface area (TPSA) is 23.5 Å². The van der Waals surface area contributed by atoms with Crippen molar-refractivity contribution in [3.8, 4) is 0 Å². The van der Waals surface area contributed by atoms with E-state index in [2.05, 4.69) is 32.6 Å². The number of nitrogens with zero attached hydrogens (tertiary/aromatic N) is 1. The number of aliphatic hydroxyl groups excluding tert-OH is 1. The highest BCUT2D eigenvalue weighted by atomic mass is 16.3. The van der Waals surface area contributed by atoms with Crippen LogP contribution in [0, 0.1) is 10.8 Å². The van der Waals surface area contributed by atoms with Crippen LogP contribution in [0.5, 0.6) is 0 Å². The predicted molar refractivity (Wildman–Crippen MR) is 53.5 cm³/mol. The van der Waals surface area contributed by atoms with Gasteiger partial charge in [0.25, 0.3) is 0 Å². The first kappa shape index (κ1) is 9.47. The van der Waals surface area contributed by atoms with E-state index in [0.29, 0.717) is 11.5 Å². The first-order valence-corrected chi connectivity index (χ1v) is 5.25. The fourth-order valence-corrected chi connectivity index (χ4v) is 2.77. The van der Waals surface area contributed by atoms with Crippen LogP contribution in [0.4, 0.5) is 0 Å². The van der Waals surface area contributed by atoms with Crippen molar-refractivity contribution in [2.75, 3.05) is 13.1 Å². The van der Waals surface area contributed by atoms with E-state index in [9.17, 15) is 5.11 Å². The van der Waals surface area contributed by atoms with Crippen LogP contribution in [0.25, 0.3) is 0 Å². The van der Waals surface area contributed by atoms with E-state index in [0.717, 1.165) is 6.42 Å². The lowest BCUT2D eigenvalue weighted by atomic mass is 9.62. The molecule has 0 aromatic heterocycles. The van der Waals surface area contributed by atoms with E-state index in [1.807, 2.05) is 0 Å². The second-order valence-electron chi connectivity index (χ2n) is 6.16. The predicted octanol–water partition coefficient (Wildman–Crippen LogP) is 1.49. The number of hydrogen-bond acceptors (Lipinski definition) is 2. The fourth-order valence-electron chi connectivity index (χ4n) is 2.77. The third-order valence-corrected chi connectivity index (χ3v) is 3.87. The normalized spacial score (nSPS) is 42.2. The Kier molecular flexibility index (Phi) is 1.81. The summed E-state index contributed by atoms with van der Waals surface area (Å²) >= 11 is 0. The third-order valence-electron chi connectivity index (χ3n) is 3.87. The Morgan fingerprint density at radius 1 is 1.15 bits per heavy atom. The minimum absolute atomic E-state index is 0.0822. The summed E-state index contributed by atoms with van der Waals surface area (Å²) in [5, 5.41) is 9.62. The zero-order chi connectivity index (χ0) is 9.85. The Hall–Kier alpha value is -0.0800. The Morgan fingerprint density at radius 3 is 2.00 bits per heavy atom. The fraction of sp³-hybridized carbons (Fsp3) is 1.00. The van der Waals surface area contributed by atoms with Gasteiger partial charge in [0.15, 0.2) is 0 Å². The van der Waals surface area contributed by atoms with E-state index in [4.69, 9.17) is 0 Å². The standard InChI is InChI=1S/C11H21NO/c1-10(2)6-12(7-10)8-5-9(13)11(8,3)4/h8-9,13H,5-7H2,1-4H3. The van der Waals surface area contributed by atoms with Gasteiger partial charge in [-0.25, -0.2) is 0 Å². The van der Waals surface area contributed by atoms with Gasteiger partial charge in [-0.1, -0.05) is 27.7 Å². The molecule has 2 unspecified atom stereocenters. The van der Waals surface area contributed by atoms with Crippen LogP contribution in [-0.2, 0) is 0 Å². The van der Waals surface area contributed by atoms with Crippen molar-refractivity contribution >= 4 is 0 Å². The summed E-state index contributed by atoms with van der Waals surface area (Å²) in [6.45, 7) is 11.4. The van der Waals surface area contributed by atoms with E-state index in [1.54, 1.807) is 0 Å². The van der Waals surface area contributed by atoms with Crippen molar-refractivity contribution in [3.05, 3.63) is 0 Å². The van der Waals surface area contributed by atoms with E-state index in [-0.39, 0.29) is 11.5 Å². The molecule has 0 aromatic carbocycles. The van der Waals surface area contributed by atoms with Gasteiger partial charge < -0.3 is 5.11 Å². The second-order valence-corrected chi connectivity index (χ2v) is 6.16. The summed E-state index contributed by atoms with van der Waals surface area (Å²) in [5.74, 6) is 0. The highest BCUT2D eigenvalue weighted by molar-refractivity contribution is 5.06. The monoisotopic (exact) mass is 183 g/mol. The van der Waals surface area contributed by atoms with Crippen molar-refractivity contribution in [2.45, 2.75) is 46.3 Å². The zero-order valence-electron chi connectivity index (χ0n) is 9.17. The summed E-state index contributed by atoms with van der Waals surface area (Å²) in [6.07, 6.45) is 0.893. The molecule has 2 fully saturated rings. The maximum atomic E-state index is 9.62. The van der Waals surface area contributed by atoms with Gasteiger partial charge in [-0.2, -0.15) is 0 Å². The van der Waals surface area contributed by atoms with Crippen LogP contribution in [-0.4, -0.2) is 35.2 Å².